The number of cyclic esters (lactones) is 1. The molecule has 6 nitrogen and oxygen atoms in total. The number of carbonyl (C=O) groups excluding carboxylic acids is 1. The van der Waals surface area contributed by atoms with Crippen LogP contribution in [0.4, 0.5) is 10.6 Å². The molecule has 18 heavy (non-hydrogen) atoms. The summed E-state index contributed by atoms with van der Waals surface area (Å²) < 4.78 is 4.88. The molecule has 6 heteroatoms. The van der Waals surface area contributed by atoms with Crippen molar-refractivity contribution in [2.75, 3.05) is 31.1 Å². The van der Waals surface area contributed by atoms with E-state index in [9.17, 15) is 4.79 Å². The number of nitrogens with zero attached hydrogens (tertiary/aromatic N) is 3. The Morgan fingerprint density at radius 1 is 1.39 bits per heavy atom. The Morgan fingerprint density at radius 3 is 2.94 bits per heavy atom. The summed E-state index contributed by atoms with van der Waals surface area (Å²) in [6, 6.07) is 0. The largest absolute Gasteiger partial charge is 0.447 e. The zero-order chi connectivity index (χ0) is 12.4. The number of ether oxygens (including phenoxy) is 1. The van der Waals surface area contributed by atoms with Crippen molar-refractivity contribution in [1.29, 1.82) is 0 Å². The van der Waals surface area contributed by atoms with Crippen LogP contribution in [0.5, 0.6) is 0 Å². The van der Waals surface area contributed by atoms with Crippen LogP contribution in [0.25, 0.3) is 0 Å². The molecule has 1 amide bonds. The van der Waals surface area contributed by atoms with Gasteiger partial charge in [-0.05, 0) is 19.4 Å². The third-order valence-electron chi connectivity index (χ3n) is 3.41. The van der Waals surface area contributed by atoms with Gasteiger partial charge in [0.15, 0.2) is 5.82 Å². The highest BCUT2D eigenvalue weighted by molar-refractivity contribution is 5.87. The van der Waals surface area contributed by atoms with E-state index in [-0.39, 0.29) is 6.09 Å². The number of amides is 1. The van der Waals surface area contributed by atoms with E-state index in [2.05, 4.69) is 15.3 Å². The molecule has 2 aliphatic heterocycles. The van der Waals surface area contributed by atoms with Gasteiger partial charge in [0.25, 0.3) is 0 Å². The molecule has 0 aromatic carbocycles. The molecule has 2 fully saturated rings. The average molecular weight is 248 g/mol. The summed E-state index contributed by atoms with van der Waals surface area (Å²) in [5.74, 6) is 1.01. The van der Waals surface area contributed by atoms with Crippen molar-refractivity contribution in [2.24, 2.45) is 0 Å². The molecule has 0 radical (unpaired) electrons. The SMILES string of the molecule is O=C1OCCN1c1cnc([C@H]2CCCNC2)cn1. The molecule has 1 N–H and O–H groups in total. The molecule has 0 bridgehead atoms. The number of rotatable bonds is 2. The first kappa shape index (κ1) is 11.4. The van der Waals surface area contributed by atoms with Gasteiger partial charge in [0.2, 0.25) is 0 Å². The predicted molar refractivity (Wildman–Crippen MR) is 65.6 cm³/mol. The van der Waals surface area contributed by atoms with Crippen molar-refractivity contribution in [3.63, 3.8) is 0 Å². The number of anilines is 1. The van der Waals surface area contributed by atoms with Crippen LogP contribution in [0.2, 0.25) is 0 Å². The fourth-order valence-electron chi connectivity index (χ4n) is 2.39. The molecular formula is C12H16N4O2. The summed E-state index contributed by atoms with van der Waals surface area (Å²) >= 11 is 0. The van der Waals surface area contributed by atoms with Gasteiger partial charge in [-0.15, -0.1) is 0 Å². The summed E-state index contributed by atoms with van der Waals surface area (Å²) in [6.45, 7) is 3.02. The molecule has 3 heterocycles. The van der Waals surface area contributed by atoms with Crippen molar-refractivity contribution in [2.45, 2.75) is 18.8 Å². The summed E-state index contributed by atoms with van der Waals surface area (Å²) in [5.41, 5.74) is 0.999. The van der Waals surface area contributed by atoms with E-state index in [0.717, 1.165) is 25.2 Å². The summed E-state index contributed by atoms with van der Waals surface area (Å²) in [7, 11) is 0. The molecule has 3 rings (SSSR count). The zero-order valence-corrected chi connectivity index (χ0v) is 10.1. The Morgan fingerprint density at radius 2 is 2.33 bits per heavy atom. The smallest absolute Gasteiger partial charge is 0.415 e. The number of carbonyl (C=O) groups is 1. The Labute approximate surface area is 105 Å². The fraction of sp³-hybridized carbons (Fsp3) is 0.583. The van der Waals surface area contributed by atoms with Crippen molar-refractivity contribution in [1.82, 2.24) is 15.3 Å². The second-order valence-corrected chi connectivity index (χ2v) is 4.61. The number of aromatic nitrogens is 2. The number of hydrogen-bond acceptors (Lipinski definition) is 5. The maximum atomic E-state index is 11.4. The van der Waals surface area contributed by atoms with Crippen molar-refractivity contribution in [3.8, 4) is 0 Å². The van der Waals surface area contributed by atoms with Crippen molar-refractivity contribution < 1.29 is 9.53 Å². The number of hydrogen-bond donors (Lipinski definition) is 1. The van der Waals surface area contributed by atoms with Crippen LogP contribution in [-0.4, -0.2) is 42.3 Å². The lowest BCUT2D eigenvalue weighted by atomic mass is 9.97. The van der Waals surface area contributed by atoms with Crippen LogP contribution in [0.1, 0.15) is 24.5 Å². The maximum Gasteiger partial charge on any atom is 0.415 e. The predicted octanol–water partition coefficient (Wildman–Crippen LogP) is 0.900. The van der Waals surface area contributed by atoms with E-state index in [1.807, 2.05) is 0 Å². The van der Waals surface area contributed by atoms with E-state index in [1.165, 1.54) is 11.3 Å². The fourth-order valence-corrected chi connectivity index (χ4v) is 2.39. The quantitative estimate of drug-likeness (QED) is 0.842. The second-order valence-electron chi connectivity index (χ2n) is 4.61. The first-order valence-corrected chi connectivity index (χ1v) is 6.31. The molecular weight excluding hydrogens is 232 g/mol. The van der Waals surface area contributed by atoms with Crippen LogP contribution in [-0.2, 0) is 4.74 Å². The zero-order valence-electron chi connectivity index (χ0n) is 10.1. The van der Waals surface area contributed by atoms with E-state index >= 15 is 0 Å². The first-order valence-electron chi connectivity index (χ1n) is 6.31. The average Bonchev–Trinajstić information content (AvgIpc) is 2.86. The van der Waals surface area contributed by atoms with E-state index in [1.54, 1.807) is 12.4 Å². The Bertz CT molecular complexity index is 428. The Kier molecular flexibility index (Phi) is 3.10. The summed E-state index contributed by atoms with van der Waals surface area (Å²) in [5, 5.41) is 3.36. The highest BCUT2D eigenvalue weighted by Gasteiger charge is 2.25. The molecule has 0 spiro atoms. The van der Waals surface area contributed by atoms with Crippen LogP contribution < -0.4 is 10.2 Å². The summed E-state index contributed by atoms with van der Waals surface area (Å²) in [4.78, 5) is 21.6. The van der Waals surface area contributed by atoms with Gasteiger partial charge in [0.05, 0.1) is 24.6 Å². The molecule has 1 aromatic rings. The molecule has 96 valence electrons. The highest BCUT2D eigenvalue weighted by Crippen LogP contribution is 2.22. The van der Waals surface area contributed by atoms with Crippen LogP contribution in [0.3, 0.4) is 0 Å². The lowest BCUT2D eigenvalue weighted by Gasteiger charge is -2.22. The second kappa shape index (κ2) is 4.89. The van der Waals surface area contributed by atoms with Gasteiger partial charge in [-0.25, -0.2) is 9.78 Å². The van der Waals surface area contributed by atoms with Gasteiger partial charge in [0.1, 0.15) is 6.61 Å². The normalized spacial score (nSPS) is 24.1. The van der Waals surface area contributed by atoms with E-state index < -0.39 is 0 Å². The van der Waals surface area contributed by atoms with Gasteiger partial charge in [-0.3, -0.25) is 9.88 Å². The topological polar surface area (TPSA) is 67.3 Å². The van der Waals surface area contributed by atoms with Gasteiger partial charge in [-0.1, -0.05) is 0 Å². The molecule has 0 aliphatic carbocycles. The molecule has 1 aromatic heterocycles. The molecule has 2 aliphatic rings. The van der Waals surface area contributed by atoms with Gasteiger partial charge in [0, 0.05) is 12.5 Å². The summed E-state index contributed by atoms with van der Waals surface area (Å²) in [6.07, 6.45) is 5.42. The highest BCUT2D eigenvalue weighted by atomic mass is 16.6. The lowest BCUT2D eigenvalue weighted by Crippen LogP contribution is -2.29. The molecule has 0 saturated carbocycles. The third kappa shape index (κ3) is 2.15. The third-order valence-corrected chi connectivity index (χ3v) is 3.41. The maximum absolute atomic E-state index is 11.4. The molecule has 2 saturated heterocycles. The van der Waals surface area contributed by atoms with E-state index in [0.29, 0.717) is 24.9 Å². The van der Waals surface area contributed by atoms with Gasteiger partial charge >= 0.3 is 6.09 Å². The van der Waals surface area contributed by atoms with Crippen LogP contribution in [0.15, 0.2) is 12.4 Å². The first-order chi connectivity index (χ1) is 8.84. The Balaban J connectivity index is 1.74. The van der Waals surface area contributed by atoms with Crippen molar-refractivity contribution >= 4 is 11.9 Å². The monoisotopic (exact) mass is 248 g/mol. The minimum Gasteiger partial charge on any atom is -0.447 e. The van der Waals surface area contributed by atoms with E-state index in [4.69, 9.17) is 4.74 Å². The van der Waals surface area contributed by atoms with Crippen LogP contribution >= 0.6 is 0 Å². The van der Waals surface area contributed by atoms with Crippen molar-refractivity contribution in [3.05, 3.63) is 18.1 Å². The lowest BCUT2D eigenvalue weighted by molar-refractivity contribution is 0.181. The number of nitrogens with one attached hydrogen (secondary N) is 1. The van der Waals surface area contributed by atoms with Gasteiger partial charge < -0.3 is 10.1 Å². The number of piperidine rings is 1. The van der Waals surface area contributed by atoms with Gasteiger partial charge in [-0.2, -0.15) is 0 Å². The molecule has 0 unspecified atom stereocenters. The van der Waals surface area contributed by atoms with Crippen LogP contribution in [0, 0.1) is 0 Å². The minimum absolute atomic E-state index is 0.337. The Hall–Kier alpha value is -1.69. The molecule has 1 atom stereocenters. The minimum atomic E-state index is -0.337. The standard InChI is InChI=1S/C12H16N4O2/c17-12-16(4-5-18-12)11-8-14-10(7-15-11)9-2-1-3-13-6-9/h7-9,13H,1-6H2/t9-/m0/s1.